The van der Waals surface area contributed by atoms with Gasteiger partial charge in [-0.1, -0.05) is 42.5 Å². The van der Waals surface area contributed by atoms with Crippen molar-refractivity contribution in [1.29, 1.82) is 0 Å². The second-order valence-corrected chi connectivity index (χ2v) is 7.44. The summed E-state index contributed by atoms with van der Waals surface area (Å²) in [7, 11) is 1.91. The summed E-state index contributed by atoms with van der Waals surface area (Å²) in [5.41, 5.74) is 2.08. The molecular weight excluding hydrogens is 414 g/mol. The highest BCUT2D eigenvalue weighted by Gasteiger charge is 2.40. The van der Waals surface area contributed by atoms with Gasteiger partial charge in [-0.2, -0.15) is 0 Å². The van der Waals surface area contributed by atoms with E-state index in [0.29, 0.717) is 6.42 Å². The molecule has 0 fully saturated rings. The van der Waals surface area contributed by atoms with E-state index in [1.807, 2.05) is 49.5 Å². The largest absolute Gasteiger partial charge is 0.499 e. The van der Waals surface area contributed by atoms with E-state index in [-0.39, 0.29) is 18.5 Å². The molecule has 1 aliphatic heterocycles. The highest BCUT2D eigenvalue weighted by Crippen LogP contribution is 2.26. The number of carbonyl (C=O) groups excluding carboxylic acids is 1. The number of ether oxygens (including phenoxy) is 3. The summed E-state index contributed by atoms with van der Waals surface area (Å²) in [6.07, 6.45) is -1.32. The summed E-state index contributed by atoms with van der Waals surface area (Å²) >= 11 is 0. The van der Waals surface area contributed by atoms with Crippen molar-refractivity contribution in [2.75, 3.05) is 26.8 Å². The van der Waals surface area contributed by atoms with Gasteiger partial charge in [0.15, 0.2) is 11.9 Å². The normalized spacial score (nSPS) is 17.7. The molecule has 8 heteroatoms. The maximum Gasteiger partial charge on any atom is 0.378 e. The minimum atomic E-state index is -1.37. The quantitative estimate of drug-likeness (QED) is 0.368. The molecule has 32 heavy (non-hydrogen) atoms. The van der Waals surface area contributed by atoms with Crippen molar-refractivity contribution in [3.05, 3.63) is 77.2 Å². The van der Waals surface area contributed by atoms with Gasteiger partial charge in [0.05, 0.1) is 13.2 Å². The fraction of sp³-hybridized carbons (Fsp3) is 0.375. The smallest absolute Gasteiger partial charge is 0.378 e. The predicted octanol–water partition coefficient (Wildman–Crippen LogP) is 2.02. The average Bonchev–Trinajstić information content (AvgIpc) is 3.11. The molecule has 3 atom stereocenters. The first-order chi connectivity index (χ1) is 15.5. The lowest BCUT2D eigenvalue weighted by molar-refractivity contribution is -0.148. The van der Waals surface area contributed by atoms with Crippen LogP contribution in [0.1, 0.15) is 23.7 Å². The van der Waals surface area contributed by atoms with Crippen molar-refractivity contribution in [3.63, 3.8) is 0 Å². The lowest BCUT2D eigenvalue weighted by atomic mass is 10.1. The Balaban J connectivity index is 1.57. The Kier molecular flexibility index (Phi) is 8.49. The van der Waals surface area contributed by atoms with Crippen LogP contribution in [0, 0.1) is 0 Å². The molecule has 1 heterocycles. The molecule has 0 saturated carbocycles. The van der Waals surface area contributed by atoms with Gasteiger partial charge in [-0.15, -0.1) is 0 Å². The van der Waals surface area contributed by atoms with E-state index >= 15 is 0 Å². The van der Waals surface area contributed by atoms with Crippen LogP contribution in [-0.2, 0) is 20.7 Å². The van der Waals surface area contributed by atoms with Gasteiger partial charge < -0.3 is 34.8 Å². The maximum atomic E-state index is 11.5. The molecule has 8 nitrogen and oxygen atoms in total. The Morgan fingerprint density at radius 1 is 1.12 bits per heavy atom. The van der Waals surface area contributed by atoms with E-state index in [9.17, 15) is 15.0 Å². The number of aliphatic hydroxyl groups is 3. The third-order valence-corrected chi connectivity index (χ3v) is 5.13. The molecule has 0 aliphatic carbocycles. The van der Waals surface area contributed by atoms with Crippen LogP contribution in [0.4, 0.5) is 0 Å². The standard InChI is InChI=1S/C24H29NO7/c1-25-13-11-20(17-5-3-2-4-6-17)31-18-9-7-16(8-10-18)12-14-30-23-21(28)24(29)32-22(23)19(27)15-26/h2-10,19-20,22,25-28H,11-15H2,1H3/t19-,20?,22+/m0/s1. The Morgan fingerprint density at radius 2 is 1.84 bits per heavy atom. The van der Waals surface area contributed by atoms with E-state index in [0.717, 1.165) is 29.8 Å². The van der Waals surface area contributed by atoms with Crippen LogP contribution in [0.5, 0.6) is 5.75 Å². The Morgan fingerprint density at radius 3 is 2.50 bits per heavy atom. The first kappa shape index (κ1) is 23.6. The third-order valence-electron chi connectivity index (χ3n) is 5.13. The Bertz CT molecular complexity index is 898. The number of hydrogen-bond donors (Lipinski definition) is 4. The lowest BCUT2D eigenvalue weighted by Gasteiger charge is -2.20. The van der Waals surface area contributed by atoms with Crippen LogP contribution in [0.15, 0.2) is 66.1 Å². The molecule has 0 bridgehead atoms. The van der Waals surface area contributed by atoms with Crippen LogP contribution in [-0.4, -0.2) is 60.3 Å². The zero-order chi connectivity index (χ0) is 22.9. The van der Waals surface area contributed by atoms with Crippen molar-refractivity contribution in [1.82, 2.24) is 5.32 Å². The van der Waals surface area contributed by atoms with Crippen LogP contribution >= 0.6 is 0 Å². The van der Waals surface area contributed by atoms with Gasteiger partial charge in [-0.25, -0.2) is 4.79 Å². The number of esters is 1. The van der Waals surface area contributed by atoms with Crippen molar-refractivity contribution >= 4 is 5.97 Å². The minimum Gasteiger partial charge on any atom is -0.499 e. The number of cyclic esters (lactones) is 1. The number of rotatable bonds is 12. The Labute approximate surface area is 187 Å². The number of benzene rings is 2. The second kappa shape index (κ2) is 11.5. The van der Waals surface area contributed by atoms with Crippen molar-refractivity contribution in [2.24, 2.45) is 0 Å². The van der Waals surface area contributed by atoms with Gasteiger partial charge in [0.1, 0.15) is 18.0 Å². The fourth-order valence-electron chi connectivity index (χ4n) is 3.37. The zero-order valence-electron chi connectivity index (χ0n) is 17.9. The highest BCUT2D eigenvalue weighted by molar-refractivity contribution is 5.89. The molecule has 3 rings (SSSR count). The van der Waals surface area contributed by atoms with Crippen molar-refractivity contribution < 1.29 is 34.3 Å². The fourth-order valence-corrected chi connectivity index (χ4v) is 3.37. The molecule has 2 aromatic rings. The van der Waals surface area contributed by atoms with Crippen LogP contribution in [0.25, 0.3) is 0 Å². The minimum absolute atomic E-state index is 0.0671. The van der Waals surface area contributed by atoms with E-state index in [1.165, 1.54) is 0 Å². The molecule has 4 N–H and O–H groups in total. The van der Waals surface area contributed by atoms with Crippen LogP contribution in [0.3, 0.4) is 0 Å². The number of aliphatic hydroxyl groups excluding tert-OH is 3. The molecule has 1 aliphatic rings. The van der Waals surface area contributed by atoms with E-state index in [4.69, 9.17) is 19.3 Å². The first-order valence-electron chi connectivity index (χ1n) is 10.5. The Hall–Kier alpha value is -3.07. The predicted molar refractivity (Wildman–Crippen MR) is 117 cm³/mol. The summed E-state index contributed by atoms with van der Waals surface area (Å²) in [5, 5.41) is 31.8. The first-order valence-corrected chi connectivity index (χ1v) is 10.5. The van der Waals surface area contributed by atoms with Gasteiger partial charge in [-0.3, -0.25) is 0 Å². The van der Waals surface area contributed by atoms with E-state index < -0.39 is 30.5 Å². The molecule has 0 radical (unpaired) electrons. The van der Waals surface area contributed by atoms with Crippen LogP contribution in [0.2, 0.25) is 0 Å². The SMILES string of the molecule is CNCCC(Oc1ccc(CCOC2=C(O)C(=O)O[C@@H]2[C@@H](O)CO)cc1)c1ccccc1. The molecule has 0 saturated heterocycles. The maximum absolute atomic E-state index is 11.5. The molecule has 1 unspecified atom stereocenters. The molecule has 0 spiro atoms. The van der Waals surface area contributed by atoms with Gasteiger partial charge >= 0.3 is 5.97 Å². The average molecular weight is 443 g/mol. The highest BCUT2D eigenvalue weighted by atomic mass is 16.6. The number of carbonyl (C=O) groups is 1. The molecule has 172 valence electrons. The van der Waals surface area contributed by atoms with Crippen molar-refractivity contribution in [2.45, 2.75) is 31.2 Å². The van der Waals surface area contributed by atoms with Crippen LogP contribution < -0.4 is 10.1 Å². The molecule has 2 aromatic carbocycles. The van der Waals surface area contributed by atoms with Crippen molar-refractivity contribution in [3.8, 4) is 5.75 Å². The summed E-state index contributed by atoms with van der Waals surface area (Å²) in [5.74, 6) is -1.07. The second-order valence-electron chi connectivity index (χ2n) is 7.44. The van der Waals surface area contributed by atoms with Gasteiger partial charge in [0.2, 0.25) is 5.76 Å². The van der Waals surface area contributed by atoms with Gasteiger partial charge in [-0.05, 0) is 36.9 Å². The number of hydrogen-bond acceptors (Lipinski definition) is 8. The summed E-state index contributed by atoms with van der Waals surface area (Å²) in [6, 6.07) is 17.7. The molecule has 0 aromatic heterocycles. The summed E-state index contributed by atoms with van der Waals surface area (Å²) in [6.45, 7) is 0.355. The molecular formula is C24H29NO7. The topological polar surface area (TPSA) is 117 Å². The van der Waals surface area contributed by atoms with E-state index in [2.05, 4.69) is 17.4 Å². The zero-order valence-corrected chi connectivity index (χ0v) is 17.9. The summed E-state index contributed by atoms with van der Waals surface area (Å²) in [4.78, 5) is 11.5. The monoisotopic (exact) mass is 443 g/mol. The lowest BCUT2D eigenvalue weighted by Crippen LogP contribution is -2.32. The third kappa shape index (κ3) is 6.00. The van der Waals surface area contributed by atoms with Gasteiger partial charge in [0.25, 0.3) is 0 Å². The molecule has 0 amide bonds. The van der Waals surface area contributed by atoms with Gasteiger partial charge in [0, 0.05) is 12.8 Å². The van der Waals surface area contributed by atoms with E-state index in [1.54, 1.807) is 0 Å². The summed E-state index contributed by atoms with van der Waals surface area (Å²) < 4.78 is 16.5. The number of nitrogens with one attached hydrogen (secondary N) is 1.